The summed E-state index contributed by atoms with van der Waals surface area (Å²) in [5, 5.41) is 9.40. The van der Waals surface area contributed by atoms with Crippen LogP contribution in [-0.4, -0.2) is 74.4 Å². The highest BCUT2D eigenvalue weighted by molar-refractivity contribution is 7.92. The summed E-state index contributed by atoms with van der Waals surface area (Å²) in [4.78, 5) is 47.7. The zero-order valence-corrected chi connectivity index (χ0v) is 21.3. The first-order chi connectivity index (χ1) is 16.0. The molecule has 1 aliphatic heterocycles. The monoisotopic (exact) mass is 553 g/mol. The first kappa shape index (κ1) is 28.8. The number of nitrogens with one attached hydrogen (secondary N) is 1. The maximum atomic E-state index is 12.8. The van der Waals surface area contributed by atoms with E-state index in [1.165, 1.54) is 21.9 Å². The van der Waals surface area contributed by atoms with Gasteiger partial charge in [0.05, 0.1) is 18.7 Å². The standard InChI is InChI=1S/C19H22ClN3O6S.H3O4P/c1-19(17(24)21-26,30(3,27)28)6-7-22-11-13-8-12(10-23(13)18(22)25)15-5-4-14(29-2)9-16(15)20;1-5(2,3)4/h4-5,8-10,26H,6-7,11H2,1-3H3,(H,21,24);(H3,1,2,3,4)/t19-;/m1./s1. The minimum atomic E-state index is -4.64. The molecule has 16 heteroatoms. The summed E-state index contributed by atoms with van der Waals surface area (Å²) < 4.78 is 37.8. The third-order valence-corrected chi connectivity index (χ3v) is 7.81. The van der Waals surface area contributed by atoms with Crippen molar-refractivity contribution in [3.05, 3.63) is 41.2 Å². The van der Waals surface area contributed by atoms with Crippen LogP contribution in [0.25, 0.3) is 11.1 Å². The van der Waals surface area contributed by atoms with Crippen molar-refractivity contribution >= 4 is 41.2 Å². The lowest BCUT2D eigenvalue weighted by Crippen LogP contribution is -2.50. The Bertz CT molecular complexity index is 1270. The number of fused-ring (bicyclic) bond motifs is 1. The van der Waals surface area contributed by atoms with E-state index in [0.717, 1.165) is 23.1 Å². The van der Waals surface area contributed by atoms with Gasteiger partial charge in [0.2, 0.25) is 0 Å². The van der Waals surface area contributed by atoms with E-state index >= 15 is 0 Å². The number of sulfone groups is 1. The van der Waals surface area contributed by atoms with Gasteiger partial charge >= 0.3 is 13.9 Å². The zero-order valence-electron chi connectivity index (χ0n) is 18.9. The van der Waals surface area contributed by atoms with Gasteiger partial charge in [-0.15, -0.1) is 0 Å². The number of aromatic nitrogens is 1. The molecular formula is C19H25ClN3O10PS. The minimum Gasteiger partial charge on any atom is -0.497 e. The van der Waals surface area contributed by atoms with E-state index in [0.29, 0.717) is 10.8 Å². The number of carbonyl (C=O) groups excluding carboxylic acids is 2. The summed E-state index contributed by atoms with van der Waals surface area (Å²) in [6, 6.07) is 6.77. The Balaban J connectivity index is 0.000000784. The number of hydrogen-bond acceptors (Lipinski definition) is 7. The maximum absolute atomic E-state index is 12.8. The molecule has 2 amide bonds. The third-order valence-electron chi connectivity index (χ3n) is 5.48. The SMILES string of the molecule is COc1ccc(-c2cc3n(c2)C(=O)N(CC[C@](C)(C(=O)NO)S(C)(=O)=O)C3)c(Cl)c1.O=P(O)(O)O. The fraction of sp³-hybridized carbons (Fsp3) is 0.368. The number of rotatable bonds is 7. The highest BCUT2D eigenvalue weighted by atomic mass is 35.5. The molecule has 1 aliphatic rings. The molecule has 3 rings (SSSR count). The van der Waals surface area contributed by atoms with Gasteiger partial charge in [-0.25, -0.2) is 23.3 Å². The number of carbonyl (C=O) groups is 2. The molecule has 0 aliphatic carbocycles. The molecule has 1 aromatic heterocycles. The largest absolute Gasteiger partial charge is 0.497 e. The van der Waals surface area contributed by atoms with Gasteiger partial charge in [0.1, 0.15) is 5.75 Å². The molecule has 0 bridgehead atoms. The Morgan fingerprint density at radius 2 is 1.89 bits per heavy atom. The van der Waals surface area contributed by atoms with Crippen molar-refractivity contribution in [3.63, 3.8) is 0 Å². The van der Waals surface area contributed by atoms with Crippen LogP contribution in [0.1, 0.15) is 19.0 Å². The van der Waals surface area contributed by atoms with Gasteiger partial charge in [-0.05, 0) is 37.6 Å². The Labute approximate surface area is 206 Å². The van der Waals surface area contributed by atoms with E-state index in [1.54, 1.807) is 31.5 Å². The van der Waals surface area contributed by atoms with Crippen LogP contribution in [0, 0.1) is 0 Å². The molecule has 2 aromatic rings. The van der Waals surface area contributed by atoms with Crippen molar-refractivity contribution in [2.24, 2.45) is 0 Å². The van der Waals surface area contributed by atoms with Crippen molar-refractivity contribution in [2.75, 3.05) is 19.9 Å². The number of benzene rings is 1. The van der Waals surface area contributed by atoms with Gasteiger partial charge in [-0.2, -0.15) is 0 Å². The molecule has 5 N–H and O–H groups in total. The molecule has 0 radical (unpaired) electrons. The summed E-state index contributed by atoms with van der Waals surface area (Å²) in [5.74, 6) is -0.411. The van der Waals surface area contributed by atoms with Gasteiger partial charge in [0.25, 0.3) is 5.91 Å². The number of nitrogens with zero attached hydrogens (tertiary/aromatic N) is 2. The molecule has 1 atom stereocenters. The molecule has 194 valence electrons. The average Bonchev–Trinajstić information content (AvgIpc) is 3.28. The molecule has 0 spiro atoms. The van der Waals surface area contributed by atoms with Crippen LogP contribution >= 0.6 is 19.4 Å². The number of halogens is 1. The number of hydroxylamine groups is 1. The minimum absolute atomic E-state index is 0.0239. The van der Waals surface area contributed by atoms with E-state index < -0.39 is 28.3 Å². The van der Waals surface area contributed by atoms with Crippen LogP contribution in [0.15, 0.2) is 30.5 Å². The first-order valence-corrected chi connectivity index (χ1v) is 13.6. The second kappa shape index (κ2) is 10.7. The van der Waals surface area contributed by atoms with Gasteiger partial charge in [-0.1, -0.05) is 11.6 Å². The summed E-state index contributed by atoms with van der Waals surface area (Å²) in [6.45, 7) is 1.50. The zero-order chi connectivity index (χ0) is 26.8. The van der Waals surface area contributed by atoms with Crippen LogP contribution in [0.3, 0.4) is 0 Å². The van der Waals surface area contributed by atoms with E-state index in [4.69, 9.17) is 40.8 Å². The smallest absolute Gasteiger partial charge is 0.466 e. The summed E-state index contributed by atoms with van der Waals surface area (Å²) in [5.41, 5.74) is 3.64. The predicted molar refractivity (Wildman–Crippen MR) is 125 cm³/mol. The van der Waals surface area contributed by atoms with E-state index in [2.05, 4.69) is 0 Å². The Kier molecular flexibility index (Phi) is 8.77. The molecule has 0 saturated carbocycles. The molecule has 0 unspecified atom stereocenters. The number of phosphoric acid groups is 1. The molecule has 35 heavy (non-hydrogen) atoms. The molecule has 0 saturated heterocycles. The van der Waals surface area contributed by atoms with Gasteiger partial charge < -0.3 is 24.3 Å². The molecule has 2 heterocycles. The van der Waals surface area contributed by atoms with Crippen molar-refractivity contribution < 1.29 is 47.2 Å². The fourth-order valence-electron chi connectivity index (χ4n) is 3.34. The highest BCUT2D eigenvalue weighted by Crippen LogP contribution is 2.34. The van der Waals surface area contributed by atoms with Crippen LogP contribution in [0.4, 0.5) is 4.79 Å². The number of ether oxygens (including phenoxy) is 1. The van der Waals surface area contributed by atoms with Crippen LogP contribution < -0.4 is 10.2 Å². The van der Waals surface area contributed by atoms with Crippen molar-refractivity contribution in [1.82, 2.24) is 14.9 Å². The average molecular weight is 554 g/mol. The Hall–Kier alpha value is -2.45. The van der Waals surface area contributed by atoms with Crippen molar-refractivity contribution in [1.29, 1.82) is 0 Å². The lowest BCUT2D eigenvalue weighted by molar-refractivity contribution is -0.131. The van der Waals surface area contributed by atoms with E-state index in [-0.39, 0.29) is 25.5 Å². The molecule has 0 fully saturated rings. The second-order valence-electron chi connectivity index (χ2n) is 7.85. The summed E-state index contributed by atoms with van der Waals surface area (Å²) >= 11 is 6.32. The predicted octanol–water partition coefficient (Wildman–Crippen LogP) is 1.37. The van der Waals surface area contributed by atoms with Crippen molar-refractivity contribution in [2.45, 2.75) is 24.6 Å². The Morgan fingerprint density at radius 3 is 2.34 bits per heavy atom. The molecular weight excluding hydrogens is 529 g/mol. The highest BCUT2D eigenvalue weighted by Gasteiger charge is 2.44. The number of hydrogen-bond donors (Lipinski definition) is 5. The van der Waals surface area contributed by atoms with Crippen LogP contribution in [0.5, 0.6) is 5.75 Å². The molecule has 1 aromatic carbocycles. The number of amides is 2. The number of methoxy groups -OCH3 is 1. The maximum Gasteiger partial charge on any atom is 0.466 e. The van der Waals surface area contributed by atoms with E-state index in [1.807, 2.05) is 6.07 Å². The lowest BCUT2D eigenvalue weighted by Gasteiger charge is -2.27. The van der Waals surface area contributed by atoms with Gasteiger partial charge in [0.15, 0.2) is 14.6 Å². The van der Waals surface area contributed by atoms with Gasteiger partial charge in [0, 0.05) is 35.8 Å². The van der Waals surface area contributed by atoms with Crippen molar-refractivity contribution in [3.8, 4) is 16.9 Å². The third kappa shape index (κ3) is 6.82. The van der Waals surface area contributed by atoms with Crippen LogP contribution in [0.2, 0.25) is 5.02 Å². The molecule has 13 nitrogen and oxygen atoms in total. The fourth-order valence-corrected chi connectivity index (χ4v) is 4.46. The lowest BCUT2D eigenvalue weighted by atomic mass is 10.1. The Morgan fingerprint density at radius 1 is 1.29 bits per heavy atom. The quantitative estimate of drug-likeness (QED) is 0.190. The summed E-state index contributed by atoms with van der Waals surface area (Å²) in [7, 11) is -6.93. The first-order valence-electron chi connectivity index (χ1n) is 9.78. The normalized spacial score (nSPS) is 15.1. The van der Waals surface area contributed by atoms with Gasteiger partial charge in [-0.3, -0.25) is 14.6 Å². The van der Waals surface area contributed by atoms with Crippen LogP contribution in [-0.2, 0) is 25.7 Å². The van der Waals surface area contributed by atoms with E-state index in [9.17, 15) is 18.0 Å². The topological polar surface area (TPSA) is 196 Å². The second-order valence-corrected chi connectivity index (χ2v) is 11.7. The summed E-state index contributed by atoms with van der Waals surface area (Å²) in [6.07, 6.45) is 2.43.